The number of carboxylic acid groups (broad SMARTS) is 1. The van der Waals surface area contributed by atoms with Crippen molar-refractivity contribution in [3.8, 4) is 0 Å². The van der Waals surface area contributed by atoms with Crippen LogP contribution in [0, 0.1) is 0 Å². The summed E-state index contributed by atoms with van der Waals surface area (Å²) in [6.07, 6.45) is 5.90. The second kappa shape index (κ2) is 5.27. The third kappa shape index (κ3) is 2.82. The molecule has 0 saturated carbocycles. The lowest BCUT2D eigenvalue weighted by atomic mass is 10.1. The van der Waals surface area contributed by atoms with E-state index in [4.69, 9.17) is 5.11 Å². The third-order valence-electron chi connectivity index (χ3n) is 3.52. The summed E-state index contributed by atoms with van der Waals surface area (Å²) in [5, 5.41) is 8.91. The van der Waals surface area contributed by atoms with Gasteiger partial charge in [0, 0.05) is 24.5 Å². The summed E-state index contributed by atoms with van der Waals surface area (Å²) in [5.41, 5.74) is 1.21. The fraction of sp³-hybridized carbons (Fsp3) is 0.538. The molecule has 2 heterocycles. The number of hydrogen-bond acceptors (Lipinski definition) is 3. The number of hydrogen-bond donors (Lipinski definition) is 1. The Balaban J connectivity index is 2.08. The van der Waals surface area contributed by atoms with Gasteiger partial charge in [0.25, 0.3) is 0 Å². The predicted molar refractivity (Wildman–Crippen MR) is 64.6 cm³/mol. The summed E-state index contributed by atoms with van der Waals surface area (Å²) in [6.45, 7) is 3.12. The zero-order valence-corrected chi connectivity index (χ0v) is 10.0. The zero-order chi connectivity index (χ0) is 12.3. The van der Waals surface area contributed by atoms with E-state index < -0.39 is 5.97 Å². The van der Waals surface area contributed by atoms with Gasteiger partial charge < -0.3 is 5.11 Å². The van der Waals surface area contributed by atoms with Crippen LogP contribution >= 0.6 is 0 Å². The van der Waals surface area contributed by atoms with Crippen molar-refractivity contribution in [3.05, 3.63) is 30.1 Å². The number of nitrogens with zero attached hydrogens (tertiary/aromatic N) is 2. The first-order chi connectivity index (χ1) is 8.18. The maximum Gasteiger partial charge on any atom is 0.304 e. The largest absolute Gasteiger partial charge is 0.481 e. The molecule has 1 fully saturated rings. The SMILES string of the molecule is CC(c1ccncc1)N1CCCC1CC(=O)O. The van der Waals surface area contributed by atoms with Gasteiger partial charge >= 0.3 is 5.97 Å². The van der Waals surface area contributed by atoms with Gasteiger partial charge in [-0.2, -0.15) is 0 Å². The first kappa shape index (κ1) is 12.0. The highest BCUT2D eigenvalue weighted by atomic mass is 16.4. The number of likely N-dealkylation sites (tertiary alicyclic amines) is 1. The van der Waals surface area contributed by atoms with Crippen molar-refractivity contribution < 1.29 is 9.90 Å². The third-order valence-corrected chi connectivity index (χ3v) is 3.52. The Labute approximate surface area is 101 Å². The van der Waals surface area contributed by atoms with Crippen molar-refractivity contribution in [2.45, 2.75) is 38.3 Å². The Hall–Kier alpha value is -1.42. The van der Waals surface area contributed by atoms with Gasteiger partial charge in [0.05, 0.1) is 6.42 Å². The van der Waals surface area contributed by atoms with Crippen LogP contribution in [0.25, 0.3) is 0 Å². The number of carboxylic acids is 1. The molecule has 1 aromatic heterocycles. The summed E-state index contributed by atoms with van der Waals surface area (Å²) in [5.74, 6) is -0.705. The molecule has 17 heavy (non-hydrogen) atoms. The highest BCUT2D eigenvalue weighted by Crippen LogP contribution is 2.30. The van der Waals surface area contributed by atoms with Gasteiger partial charge in [-0.3, -0.25) is 14.7 Å². The van der Waals surface area contributed by atoms with Crippen LogP contribution in [0.1, 0.15) is 37.8 Å². The molecular formula is C13H18N2O2. The zero-order valence-electron chi connectivity index (χ0n) is 10.0. The molecule has 0 radical (unpaired) electrons. The molecule has 2 rings (SSSR count). The topological polar surface area (TPSA) is 53.4 Å². The van der Waals surface area contributed by atoms with Crippen LogP contribution in [0.3, 0.4) is 0 Å². The van der Waals surface area contributed by atoms with E-state index in [9.17, 15) is 4.79 Å². The smallest absolute Gasteiger partial charge is 0.304 e. The number of carbonyl (C=O) groups is 1. The standard InChI is InChI=1S/C13H18N2O2/c1-10(11-4-6-14-7-5-11)15-8-2-3-12(15)9-13(16)17/h4-7,10,12H,2-3,8-9H2,1H3,(H,16,17). The first-order valence-corrected chi connectivity index (χ1v) is 6.06. The minimum Gasteiger partial charge on any atom is -0.481 e. The van der Waals surface area contributed by atoms with E-state index in [-0.39, 0.29) is 18.5 Å². The second-order valence-electron chi connectivity index (χ2n) is 4.59. The fourth-order valence-electron chi connectivity index (χ4n) is 2.62. The Morgan fingerprint density at radius 2 is 2.29 bits per heavy atom. The van der Waals surface area contributed by atoms with Crippen molar-refractivity contribution >= 4 is 5.97 Å². The molecule has 92 valence electrons. The lowest BCUT2D eigenvalue weighted by molar-refractivity contribution is -0.138. The van der Waals surface area contributed by atoms with Gasteiger partial charge in [-0.15, -0.1) is 0 Å². The van der Waals surface area contributed by atoms with Crippen molar-refractivity contribution in [2.75, 3.05) is 6.54 Å². The molecule has 4 heteroatoms. The molecule has 0 aromatic carbocycles. The van der Waals surface area contributed by atoms with Crippen LogP contribution in [0.2, 0.25) is 0 Å². The monoisotopic (exact) mass is 234 g/mol. The van der Waals surface area contributed by atoms with E-state index in [1.54, 1.807) is 12.4 Å². The van der Waals surface area contributed by atoms with Crippen LogP contribution in [-0.2, 0) is 4.79 Å². The summed E-state index contributed by atoms with van der Waals surface area (Å²) >= 11 is 0. The van der Waals surface area contributed by atoms with Crippen LogP contribution in [0.15, 0.2) is 24.5 Å². The Kier molecular flexibility index (Phi) is 3.74. The highest BCUT2D eigenvalue weighted by Gasteiger charge is 2.30. The number of pyridine rings is 1. The average molecular weight is 234 g/mol. The maximum absolute atomic E-state index is 10.8. The van der Waals surface area contributed by atoms with Crippen molar-refractivity contribution in [1.82, 2.24) is 9.88 Å². The van der Waals surface area contributed by atoms with Crippen molar-refractivity contribution in [2.24, 2.45) is 0 Å². The molecule has 0 bridgehead atoms. The Morgan fingerprint density at radius 3 is 2.94 bits per heavy atom. The number of aromatic nitrogens is 1. The lowest BCUT2D eigenvalue weighted by Crippen LogP contribution is -2.33. The minimum atomic E-state index is -0.705. The molecule has 1 aliphatic rings. The normalized spacial score (nSPS) is 22.5. The van der Waals surface area contributed by atoms with Crippen LogP contribution in [-0.4, -0.2) is 33.5 Å². The highest BCUT2D eigenvalue weighted by molar-refractivity contribution is 5.67. The van der Waals surface area contributed by atoms with E-state index in [0.717, 1.165) is 19.4 Å². The summed E-state index contributed by atoms with van der Waals surface area (Å²) in [4.78, 5) is 17.1. The molecule has 1 saturated heterocycles. The Morgan fingerprint density at radius 1 is 1.59 bits per heavy atom. The molecule has 1 aromatic rings. The molecule has 0 spiro atoms. The van der Waals surface area contributed by atoms with E-state index in [1.807, 2.05) is 12.1 Å². The van der Waals surface area contributed by atoms with E-state index >= 15 is 0 Å². The van der Waals surface area contributed by atoms with Crippen molar-refractivity contribution in [3.63, 3.8) is 0 Å². The molecule has 2 unspecified atom stereocenters. The fourth-order valence-corrected chi connectivity index (χ4v) is 2.62. The summed E-state index contributed by atoms with van der Waals surface area (Å²) in [6, 6.07) is 4.45. The van der Waals surface area contributed by atoms with E-state index in [0.29, 0.717) is 0 Å². The van der Waals surface area contributed by atoms with Gasteiger partial charge in [-0.25, -0.2) is 0 Å². The van der Waals surface area contributed by atoms with Crippen LogP contribution < -0.4 is 0 Å². The number of rotatable bonds is 4. The average Bonchev–Trinajstić information content (AvgIpc) is 2.76. The summed E-state index contributed by atoms with van der Waals surface area (Å²) < 4.78 is 0. The second-order valence-corrected chi connectivity index (χ2v) is 4.59. The molecule has 0 aliphatic carbocycles. The van der Waals surface area contributed by atoms with Crippen LogP contribution in [0.4, 0.5) is 0 Å². The molecule has 1 aliphatic heterocycles. The van der Waals surface area contributed by atoms with Gasteiger partial charge in [0.2, 0.25) is 0 Å². The molecule has 0 amide bonds. The minimum absolute atomic E-state index is 0.177. The quantitative estimate of drug-likeness (QED) is 0.866. The molecular weight excluding hydrogens is 216 g/mol. The Bertz CT molecular complexity index is 380. The molecule has 4 nitrogen and oxygen atoms in total. The maximum atomic E-state index is 10.8. The number of aliphatic carboxylic acids is 1. The summed E-state index contributed by atoms with van der Waals surface area (Å²) in [7, 11) is 0. The van der Waals surface area contributed by atoms with Gasteiger partial charge in [0.15, 0.2) is 0 Å². The van der Waals surface area contributed by atoms with E-state index in [1.165, 1.54) is 5.56 Å². The molecule has 2 atom stereocenters. The van der Waals surface area contributed by atoms with Gasteiger partial charge in [-0.1, -0.05) is 0 Å². The first-order valence-electron chi connectivity index (χ1n) is 6.06. The molecule has 1 N–H and O–H groups in total. The van der Waals surface area contributed by atoms with Gasteiger partial charge in [0.1, 0.15) is 0 Å². The van der Waals surface area contributed by atoms with Gasteiger partial charge in [-0.05, 0) is 44.0 Å². The van der Waals surface area contributed by atoms with Crippen LogP contribution in [0.5, 0.6) is 0 Å². The predicted octanol–water partition coefficient (Wildman–Crippen LogP) is 2.08. The lowest BCUT2D eigenvalue weighted by Gasteiger charge is -2.30. The van der Waals surface area contributed by atoms with E-state index in [2.05, 4.69) is 16.8 Å². The van der Waals surface area contributed by atoms with Crippen molar-refractivity contribution in [1.29, 1.82) is 0 Å².